The summed E-state index contributed by atoms with van der Waals surface area (Å²) in [4.78, 5) is 12.1. The van der Waals surface area contributed by atoms with Gasteiger partial charge in [0.2, 0.25) is 0 Å². The minimum atomic E-state index is -0.734. The van der Waals surface area contributed by atoms with Crippen molar-refractivity contribution in [1.29, 1.82) is 0 Å². The van der Waals surface area contributed by atoms with Crippen LogP contribution in [0, 0.1) is 0 Å². The van der Waals surface area contributed by atoms with E-state index in [0.29, 0.717) is 17.1 Å². The summed E-state index contributed by atoms with van der Waals surface area (Å²) in [7, 11) is 3.02. The van der Waals surface area contributed by atoms with Gasteiger partial charge in [-0.2, -0.15) is 0 Å². The predicted molar refractivity (Wildman–Crippen MR) is 70.7 cm³/mol. The third-order valence-electron chi connectivity index (χ3n) is 3.51. The highest BCUT2D eigenvalue weighted by molar-refractivity contribution is 5.97. The Morgan fingerprint density at radius 3 is 2.63 bits per heavy atom. The molecule has 104 valence electrons. The largest absolute Gasteiger partial charge is 0.493 e. The monoisotopic (exact) mass is 265 g/mol. The number of benzene rings is 1. The van der Waals surface area contributed by atoms with E-state index in [4.69, 9.17) is 9.47 Å². The van der Waals surface area contributed by atoms with Gasteiger partial charge >= 0.3 is 0 Å². The number of amides is 1. The molecule has 0 atom stereocenters. The van der Waals surface area contributed by atoms with Gasteiger partial charge in [0.05, 0.1) is 25.4 Å². The molecule has 1 aliphatic rings. The van der Waals surface area contributed by atoms with Crippen LogP contribution in [0.3, 0.4) is 0 Å². The van der Waals surface area contributed by atoms with Gasteiger partial charge in [0.15, 0.2) is 11.5 Å². The fraction of sp³-hybridized carbons (Fsp3) is 0.500. The van der Waals surface area contributed by atoms with E-state index in [-0.39, 0.29) is 12.5 Å². The van der Waals surface area contributed by atoms with Crippen molar-refractivity contribution in [2.24, 2.45) is 0 Å². The van der Waals surface area contributed by atoms with Gasteiger partial charge in [0.1, 0.15) is 0 Å². The number of methoxy groups -OCH3 is 2. The minimum Gasteiger partial charge on any atom is -0.493 e. The van der Waals surface area contributed by atoms with Crippen LogP contribution in [0.5, 0.6) is 11.5 Å². The number of hydrogen-bond donors (Lipinski definition) is 2. The highest BCUT2D eigenvalue weighted by Crippen LogP contribution is 2.32. The molecule has 0 aromatic heterocycles. The van der Waals surface area contributed by atoms with Gasteiger partial charge in [-0.15, -0.1) is 0 Å². The van der Waals surface area contributed by atoms with Gasteiger partial charge in [0.25, 0.3) is 5.91 Å². The number of ether oxygens (including phenoxy) is 2. The van der Waals surface area contributed by atoms with Gasteiger partial charge in [-0.1, -0.05) is 6.07 Å². The van der Waals surface area contributed by atoms with E-state index in [9.17, 15) is 9.90 Å². The van der Waals surface area contributed by atoms with Gasteiger partial charge in [-0.25, -0.2) is 0 Å². The lowest BCUT2D eigenvalue weighted by Crippen LogP contribution is -2.47. The van der Waals surface area contributed by atoms with Crippen molar-refractivity contribution in [3.63, 3.8) is 0 Å². The molecule has 1 aliphatic carbocycles. The van der Waals surface area contributed by atoms with Crippen LogP contribution in [0.2, 0.25) is 0 Å². The fourth-order valence-corrected chi connectivity index (χ4v) is 2.17. The molecule has 0 heterocycles. The molecule has 0 spiro atoms. The Morgan fingerprint density at radius 2 is 2.11 bits per heavy atom. The molecule has 1 saturated carbocycles. The van der Waals surface area contributed by atoms with Crippen LogP contribution >= 0.6 is 0 Å². The number of aliphatic hydroxyl groups is 1. The minimum absolute atomic E-state index is 0.268. The van der Waals surface area contributed by atoms with Crippen molar-refractivity contribution in [2.45, 2.75) is 24.9 Å². The van der Waals surface area contributed by atoms with Crippen LogP contribution in [0.15, 0.2) is 18.2 Å². The molecule has 2 rings (SSSR count). The van der Waals surface area contributed by atoms with E-state index < -0.39 is 5.60 Å². The second kappa shape index (κ2) is 5.48. The maximum atomic E-state index is 12.1. The van der Waals surface area contributed by atoms with Crippen LogP contribution in [0.1, 0.15) is 29.6 Å². The van der Waals surface area contributed by atoms with Crippen molar-refractivity contribution in [2.75, 3.05) is 20.8 Å². The van der Waals surface area contributed by atoms with Gasteiger partial charge in [-0.3, -0.25) is 4.79 Å². The molecule has 0 radical (unpaired) electrons. The summed E-state index contributed by atoms with van der Waals surface area (Å²) in [5, 5.41) is 12.7. The molecule has 1 aromatic carbocycles. The van der Waals surface area contributed by atoms with E-state index in [1.54, 1.807) is 18.2 Å². The Kier molecular flexibility index (Phi) is 3.95. The Labute approximate surface area is 112 Å². The molecular formula is C14H19NO4. The number of carbonyl (C=O) groups excluding carboxylic acids is 1. The summed E-state index contributed by atoms with van der Waals surface area (Å²) >= 11 is 0. The van der Waals surface area contributed by atoms with Crippen molar-refractivity contribution < 1.29 is 19.4 Å². The highest BCUT2D eigenvalue weighted by atomic mass is 16.5. The summed E-state index contributed by atoms with van der Waals surface area (Å²) in [5.74, 6) is 0.650. The normalized spacial score (nSPS) is 16.4. The van der Waals surface area contributed by atoms with Gasteiger partial charge < -0.3 is 19.9 Å². The average Bonchev–Trinajstić information content (AvgIpc) is 2.41. The van der Waals surface area contributed by atoms with Gasteiger partial charge in [0, 0.05) is 6.54 Å². The zero-order valence-corrected chi connectivity index (χ0v) is 11.2. The lowest BCUT2D eigenvalue weighted by molar-refractivity contribution is -0.0300. The molecule has 1 amide bonds. The quantitative estimate of drug-likeness (QED) is 0.843. The molecule has 0 unspecified atom stereocenters. The van der Waals surface area contributed by atoms with E-state index in [2.05, 4.69) is 5.32 Å². The maximum Gasteiger partial charge on any atom is 0.255 e. The first-order valence-corrected chi connectivity index (χ1v) is 6.31. The zero-order valence-electron chi connectivity index (χ0n) is 11.2. The van der Waals surface area contributed by atoms with Crippen molar-refractivity contribution in [3.8, 4) is 11.5 Å². The Morgan fingerprint density at radius 1 is 1.37 bits per heavy atom. The topological polar surface area (TPSA) is 67.8 Å². The molecule has 5 heteroatoms. The van der Waals surface area contributed by atoms with Crippen molar-refractivity contribution >= 4 is 5.91 Å². The highest BCUT2D eigenvalue weighted by Gasteiger charge is 2.34. The molecule has 0 aliphatic heterocycles. The van der Waals surface area contributed by atoms with Crippen LogP contribution in [-0.2, 0) is 0 Å². The van der Waals surface area contributed by atoms with E-state index in [1.165, 1.54) is 14.2 Å². The molecule has 0 saturated heterocycles. The van der Waals surface area contributed by atoms with Crippen LogP contribution in [0.25, 0.3) is 0 Å². The van der Waals surface area contributed by atoms with E-state index in [0.717, 1.165) is 19.3 Å². The molecule has 2 N–H and O–H groups in total. The van der Waals surface area contributed by atoms with Gasteiger partial charge in [-0.05, 0) is 31.4 Å². The van der Waals surface area contributed by atoms with E-state index >= 15 is 0 Å². The second-order valence-corrected chi connectivity index (χ2v) is 4.80. The lowest BCUT2D eigenvalue weighted by atomic mass is 9.80. The maximum absolute atomic E-state index is 12.1. The molecule has 5 nitrogen and oxygen atoms in total. The summed E-state index contributed by atoms with van der Waals surface area (Å²) < 4.78 is 10.4. The molecule has 1 fully saturated rings. The third-order valence-corrected chi connectivity index (χ3v) is 3.51. The number of rotatable bonds is 5. The second-order valence-electron chi connectivity index (χ2n) is 4.80. The van der Waals surface area contributed by atoms with Crippen molar-refractivity contribution in [3.05, 3.63) is 23.8 Å². The first-order chi connectivity index (χ1) is 9.09. The molecule has 19 heavy (non-hydrogen) atoms. The third kappa shape index (κ3) is 2.81. The Hall–Kier alpha value is -1.75. The fourth-order valence-electron chi connectivity index (χ4n) is 2.17. The van der Waals surface area contributed by atoms with Crippen molar-refractivity contribution in [1.82, 2.24) is 5.32 Å². The number of hydrogen-bond acceptors (Lipinski definition) is 4. The molecule has 1 aromatic rings. The summed E-state index contributed by atoms with van der Waals surface area (Å²) in [6.45, 7) is 0.270. The first kappa shape index (κ1) is 13.7. The summed E-state index contributed by atoms with van der Waals surface area (Å²) in [6.07, 6.45) is 2.49. The number of para-hydroxylation sites is 1. The average molecular weight is 265 g/mol. The number of nitrogens with one attached hydrogen (secondary N) is 1. The summed E-state index contributed by atoms with van der Waals surface area (Å²) in [5.41, 5.74) is -0.327. The smallest absolute Gasteiger partial charge is 0.255 e. The Bertz CT molecular complexity index is 469. The SMILES string of the molecule is COc1cccc(C(=O)NCC2(O)CCC2)c1OC. The standard InChI is InChI=1S/C14H19NO4/c1-18-11-6-3-5-10(12(11)19-2)13(16)15-9-14(17)7-4-8-14/h3,5-6,17H,4,7-9H2,1-2H3,(H,15,16). The first-order valence-electron chi connectivity index (χ1n) is 6.31. The predicted octanol–water partition coefficient (Wildman–Crippen LogP) is 1.35. The number of carbonyl (C=O) groups is 1. The zero-order chi connectivity index (χ0) is 13.9. The molecule has 0 bridgehead atoms. The van der Waals surface area contributed by atoms with Crippen LogP contribution < -0.4 is 14.8 Å². The summed E-state index contributed by atoms with van der Waals surface area (Å²) in [6, 6.07) is 5.13. The van der Waals surface area contributed by atoms with Crippen LogP contribution in [0.4, 0.5) is 0 Å². The molecular weight excluding hydrogens is 246 g/mol. The van der Waals surface area contributed by atoms with Crippen LogP contribution in [-0.4, -0.2) is 37.4 Å². The Balaban J connectivity index is 2.10. The van der Waals surface area contributed by atoms with E-state index in [1.807, 2.05) is 0 Å². The lowest BCUT2D eigenvalue weighted by Gasteiger charge is -2.36.